The molecule has 0 fully saturated rings. The molecule has 0 bridgehead atoms. The topological polar surface area (TPSA) is 76.2 Å². The Labute approximate surface area is 156 Å². The van der Waals surface area contributed by atoms with E-state index in [4.69, 9.17) is 9.47 Å². The molecule has 0 aliphatic rings. The fourth-order valence-corrected chi connectivity index (χ4v) is 3.53. The number of hydrogen-bond donors (Lipinski definition) is 2. The van der Waals surface area contributed by atoms with E-state index in [-0.39, 0.29) is 5.91 Å². The lowest BCUT2D eigenvalue weighted by atomic mass is 10.2. The molecule has 0 saturated carbocycles. The summed E-state index contributed by atoms with van der Waals surface area (Å²) in [5, 5.41) is 11.8. The molecule has 3 rings (SSSR count). The van der Waals surface area contributed by atoms with Crippen molar-refractivity contribution in [2.24, 2.45) is 0 Å². The number of amides is 1. The van der Waals surface area contributed by atoms with Gasteiger partial charge >= 0.3 is 0 Å². The van der Waals surface area contributed by atoms with Crippen LogP contribution >= 0.6 is 33.9 Å². The highest BCUT2D eigenvalue weighted by Gasteiger charge is 2.17. The zero-order chi connectivity index (χ0) is 17.1. The Hall–Kier alpha value is -2.07. The van der Waals surface area contributed by atoms with Crippen LogP contribution in [0, 0.1) is 3.57 Å². The van der Waals surface area contributed by atoms with Gasteiger partial charge < -0.3 is 14.8 Å². The lowest BCUT2D eigenvalue weighted by molar-refractivity contribution is 0.102. The number of H-pyrrole nitrogens is 1. The summed E-state index contributed by atoms with van der Waals surface area (Å²) in [6.45, 7) is 0. The predicted octanol–water partition coefficient (Wildman–Crippen LogP) is 4.01. The Morgan fingerprint density at radius 3 is 2.67 bits per heavy atom. The second-order valence-corrected chi connectivity index (χ2v) is 6.90. The number of benzene rings is 1. The second kappa shape index (κ2) is 7.22. The number of nitrogens with zero attached hydrogens (tertiary/aromatic N) is 1. The van der Waals surface area contributed by atoms with E-state index >= 15 is 0 Å². The number of anilines is 1. The maximum atomic E-state index is 12.5. The number of methoxy groups -OCH3 is 2. The van der Waals surface area contributed by atoms with E-state index in [1.807, 2.05) is 17.5 Å². The van der Waals surface area contributed by atoms with Gasteiger partial charge in [-0.25, -0.2) is 0 Å². The molecule has 0 aliphatic carbocycles. The summed E-state index contributed by atoms with van der Waals surface area (Å²) in [5.74, 6) is 1.29. The molecule has 0 spiro atoms. The van der Waals surface area contributed by atoms with Gasteiger partial charge in [-0.2, -0.15) is 5.10 Å². The van der Waals surface area contributed by atoms with Crippen LogP contribution in [0.25, 0.3) is 10.6 Å². The van der Waals surface area contributed by atoms with Crippen LogP contribution in [0.4, 0.5) is 5.82 Å². The average Bonchev–Trinajstić information content (AvgIpc) is 3.25. The highest BCUT2D eigenvalue weighted by atomic mass is 127. The molecule has 6 nitrogen and oxygen atoms in total. The van der Waals surface area contributed by atoms with Gasteiger partial charge in [0.2, 0.25) is 0 Å². The smallest absolute Gasteiger partial charge is 0.258 e. The van der Waals surface area contributed by atoms with Crippen molar-refractivity contribution in [3.05, 3.63) is 44.8 Å². The molecule has 2 aromatic heterocycles. The Kier molecular flexibility index (Phi) is 5.05. The van der Waals surface area contributed by atoms with Crippen molar-refractivity contribution in [1.29, 1.82) is 0 Å². The summed E-state index contributed by atoms with van der Waals surface area (Å²) >= 11 is 3.69. The van der Waals surface area contributed by atoms with E-state index in [1.165, 1.54) is 7.11 Å². The zero-order valence-electron chi connectivity index (χ0n) is 12.9. The third kappa shape index (κ3) is 3.39. The van der Waals surface area contributed by atoms with E-state index in [1.54, 1.807) is 36.6 Å². The molecule has 0 aliphatic heterocycles. The molecule has 0 unspecified atom stereocenters. The Morgan fingerprint density at radius 1 is 1.25 bits per heavy atom. The lowest BCUT2D eigenvalue weighted by Crippen LogP contribution is -2.14. The molecule has 0 atom stereocenters. The molecule has 24 heavy (non-hydrogen) atoms. The second-order valence-electron chi connectivity index (χ2n) is 4.79. The van der Waals surface area contributed by atoms with Gasteiger partial charge in [-0.1, -0.05) is 6.07 Å². The minimum absolute atomic E-state index is 0.260. The molecule has 0 saturated heterocycles. The quantitative estimate of drug-likeness (QED) is 0.571. The Bertz CT molecular complexity index is 862. The first-order chi connectivity index (χ1) is 11.6. The van der Waals surface area contributed by atoms with Gasteiger partial charge in [0.15, 0.2) is 17.3 Å². The van der Waals surface area contributed by atoms with Crippen molar-refractivity contribution >= 4 is 45.7 Å². The van der Waals surface area contributed by atoms with Crippen molar-refractivity contribution in [2.45, 2.75) is 0 Å². The number of halogens is 1. The van der Waals surface area contributed by atoms with Gasteiger partial charge in [0.25, 0.3) is 5.91 Å². The van der Waals surface area contributed by atoms with E-state index < -0.39 is 0 Å². The van der Waals surface area contributed by atoms with Crippen molar-refractivity contribution in [2.75, 3.05) is 19.5 Å². The maximum Gasteiger partial charge on any atom is 0.258 e. The normalized spacial score (nSPS) is 10.5. The number of carbonyl (C=O) groups excluding carboxylic acids is 1. The molecule has 1 aromatic carbocycles. The van der Waals surface area contributed by atoms with Gasteiger partial charge in [-0.3, -0.25) is 9.89 Å². The lowest BCUT2D eigenvalue weighted by Gasteiger charge is -2.11. The minimum atomic E-state index is -0.260. The van der Waals surface area contributed by atoms with Crippen LogP contribution in [0.5, 0.6) is 11.5 Å². The van der Waals surface area contributed by atoms with Crippen LogP contribution in [-0.4, -0.2) is 30.3 Å². The van der Waals surface area contributed by atoms with Crippen LogP contribution < -0.4 is 14.8 Å². The Balaban J connectivity index is 1.83. The standard InChI is InChI=1S/C16H14IN3O3S/c1-22-12-6-9(10(17)7-13(12)23-2)16(21)18-15-8-11(19-20-15)14-4-3-5-24-14/h3-8H,1-2H3,(H2,18,19,20,21). The molecular formula is C16H14IN3O3S. The first-order valence-corrected chi connectivity index (χ1v) is 8.90. The van der Waals surface area contributed by atoms with E-state index in [0.717, 1.165) is 14.1 Å². The zero-order valence-corrected chi connectivity index (χ0v) is 15.9. The largest absolute Gasteiger partial charge is 0.493 e. The summed E-state index contributed by atoms with van der Waals surface area (Å²) < 4.78 is 11.3. The SMILES string of the molecule is COc1cc(I)c(C(=O)Nc2cc(-c3cccs3)[nH]n2)cc1OC. The van der Waals surface area contributed by atoms with Crippen LogP contribution in [-0.2, 0) is 0 Å². The fraction of sp³-hybridized carbons (Fsp3) is 0.125. The third-order valence-corrected chi connectivity index (χ3v) is 5.12. The van der Waals surface area contributed by atoms with E-state index in [9.17, 15) is 4.79 Å². The molecule has 3 aromatic rings. The predicted molar refractivity (Wildman–Crippen MR) is 102 cm³/mol. The van der Waals surface area contributed by atoms with Gasteiger partial charge in [0.05, 0.1) is 30.4 Å². The number of nitrogens with one attached hydrogen (secondary N) is 2. The summed E-state index contributed by atoms with van der Waals surface area (Å²) in [6, 6.07) is 9.17. The molecule has 1 amide bonds. The van der Waals surface area contributed by atoms with Crippen LogP contribution in [0.2, 0.25) is 0 Å². The van der Waals surface area contributed by atoms with Crippen molar-refractivity contribution in [1.82, 2.24) is 10.2 Å². The van der Waals surface area contributed by atoms with Crippen LogP contribution in [0.15, 0.2) is 35.7 Å². The monoisotopic (exact) mass is 455 g/mol. The first-order valence-electron chi connectivity index (χ1n) is 6.94. The van der Waals surface area contributed by atoms with Gasteiger partial charge in [-0.05, 0) is 46.2 Å². The molecule has 124 valence electrons. The number of ether oxygens (including phenoxy) is 2. The number of rotatable bonds is 5. The van der Waals surface area contributed by atoms with Gasteiger partial charge in [0.1, 0.15) is 0 Å². The third-order valence-electron chi connectivity index (χ3n) is 3.32. The average molecular weight is 455 g/mol. The number of aromatic nitrogens is 2. The fourth-order valence-electron chi connectivity index (χ4n) is 2.16. The van der Waals surface area contributed by atoms with Gasteiger partial charge in [0, 0.05) is 9.64 Å². The molecule has 2 N–H and O–H groups in total. The minimum Gasteiger partial charge on any atom is -0.493 e. The summed E-state index contributed by atoms with van der Waals surface area (Å²) in [6.07, 6.45) is 0. The highest BCUT2D eigenvalue weighted by Crippen LogP contribution is 2.32. The van der Waals surface area contributed by atoms with Crippen molar-refractivity contribution in [3.8, 4) is 22.1 Å². The number of carbonyl (C=O) groups is 1. The molecular weight excluding hydrogens is 441 g/mol. The molecule has 0 radical (unpaired) electrons. The van der Waals surface area contributed by atoms with Crippen molar-refractivity contribution in [3.63, 3.8) is 0 Å². The highest BCUT2D eigenvalue weighted by molar-refractivity contribution is 14.1. The number of thiophene rings is 1. The van der Waals surface area contributed by atoms with E-state index in [2.05, 4.69) is 38.1 Å². The first kappa shape index (κ1) is 16.8. The summed E-state index contributed by atoms with van der Waals surface area (Å²) in [7, 11) is 3.09. The Morgan fingerprint density at radius 2 is 2.00 bits per heavy atom. The number of aromatic amines is 1. The molecule has 8 heteroatoms. The van der Waals surface area contributed by atoms with Gasteiger partial charge in [-0.15, -0.1) is 11.3 Å². The van der Waals surface area contributed by atoms with E-state index in [0.29, 0.717) is 22.9 Å². The van der Waals surface area contributed by atoms with Crippen molar-refractivity contribution < 1.29 is 14.3 Å². The molecule has 2 heterocycles. The number of hydrogen-bond acceptors (Lipinski definition) is 5. The maximum absolute atomic E-state index is 12.5. The summed E-state index contributed by atoms with van der Waals surface area (Å²) in [5.41, 5.74) is 1.36. The van der Waals surface area contributed by atoms with Crippen LogP contribution in [0.1, 0.15) is 10.4 Å². The summed E-state index contributed by atoms with van der Waals surface area (Å²) in [4.78, 5) is 13.6. The van der Waals surface area contributed by atoms with Crippen LogP contribution in [0.3, 0.4) is 0 Å².